The number of hydrogen-bond donors (Lipinski definition) is 2. The Kier molecular flexibility index (Phi) is 3.91. The minimum Gasteiger partial charge on any atom is -0.481 e. The second kappa shape index (κ2) is 5.62. The van der Waals surface area contributed by atoms with Crippen LogP contribution in [0, 0.1) is 6.92 Å². The lowest BCUT2D eigenvalue weighted by Gasteiger charge is -2.02. The molecule has 0 aliphatic carbocycles. The molecular formula is C13H12N2O3S. The van der Waals surface area contributed by atoms with E-state index in [1.54, 1.807) is 17.5 Å². The molecule has 2 N–H and O–H groups in total. The number of carboxylic acid groups (broad SMARTS) is 1. The maximum Gasteiger partial charge on any atom is 0.309 e. The smallest absolute Gasteiger partial charge is 0.309 e. The van der Waals surface area contributed by atoms with Gasteiger partial charge in [-0.1, -0.05) is 17.7 Å². The molecule has 0 fully saturated rings. The van der Waals surface area contributed by atoms with Gasteiger partial charge in [-0.2, -0.15) is 0 Å². The van der Waals surface area contributed by atoms with Gasteiger partial charge >= 0.3 is 5.97 Å². The number of aliphatic carboxylic acids is 1. The van der Waals surface area contributed by atoms with Crippen LogP contribution in [0.1, 0.15) is 21.6 Å². The molecule has 1 aromatic carbocycles. The molecule has 6 heteroatoms. The number of hydrogen-bond acceptors (Lipinski definition) is 4. The van der Waals surface area contributed by atoms with Gasteiger partial charge in [-0.15, -0.1) is 11.3 Å². The lowest BCUT2D eigenvalue weighted by molar-refractivity contribution is -0.136. The van der Waals surface area contributed by atoms with E-state index in [0.29, 0.717) is 16.4 Å². The van der Waals surface area contributed by atoms with Crippen LogP contribution in [-0.2, 0) is 11.2 Å². The van der Waals surface area contributed by atoms with Crippen molar-refractivity contribution in [1.82, 2.24) is 4.98 Å². The summed E-state index contributed by atoms with van der Waals surface area (Å²) in [6, 6.07) is 7.21. The Balaban J connectivity index is 2.06. The fraction of sp³-hybridized carbons (Fsp3) is 0.154. The molecule has 0 atom stereocenters. The highest BCUT2D eigenvalue weighted by atomic mass is 32.1. The minimum atomic E-state index is -0.943. The highest BCUT2D eigenvalue weighted by Gasteiger charge is 2.10. The lowest BCUT2D eigenvalue weighted by Crippen LogP contribution is -2.12. The van der Waals surface area contributed by atoms with Crippen molar-refractivity contribution in [2.24, 2.45) is 0 Å². The maximum absolute atomic E-state index is 11.9. The summed E-state index contributed by atoms with van der Waals surface area (Å²) >= 11 is 1.21. The second-order valence-corrected chi connectivity index (χ2v) is 4.90. The molecule has 1 aromatic heterocycles. The average molecular weight is 276 g/mol. The first kappa shape index (κ1) is 13.2. The molecule has 0 unspecified atom stereocenters. The van der Waals surface area contributed by atoms with Gasteiger partial charge in [-0.25, -0.2) is 4.98 Å². The highest BCUT2D eigenvalue weighted by Crippen LogP contribution is 2.17. The first-order chi connectivity index (χ1) is 9.04. The summed E-state index contributed by atoms with van der Waals surface area (Å²) in [5.74, 6) is -1.19. The third kappa shape index (κ3) is 3.62. The van der Waals surface area contributed by atoms with Gasteiger partial charge in [0.05, 0.1) is 12.1 Å². The number of aromatic nitrogens is 1. The number of nitrogens with one attached hydrogen (secondary N) is 1. The van der Waals surface area contributed by atoms with Gasteiger partial charge in [0.1, 0.15) is 0 Å². The molecule has 2 aromatic rings. The van der Waals surface area contributed by atoms with Crippen LogP contribution in [-0.4, -0.2) is 22.0 Å². The average Bonchev–Trinajstić information content (AvgIpc) is 2.75. The summed E-state index contributed by atoms with van der Waals surface area (Å²) in [6.07, 6.45) is -0.142. The van der Waals surface area contributed by atoms with E-state index in [2.05, 4.69) is 10.3 Å². The Bertz CT molecular complexity index is 622. The molecule has 0 radical (unpaired) electrons. The number of carbonyl (C=O) groups is 2. The van der Waals surface area contributed by atoms with Crippen molar-refractivity contribution >= 4 is 28.3 Å². The Morgan fingerprint density at radius 2 is 2.21 bits per heavy atom. The van der Waals surface area contributed by atoms with E-state index < -0.39 is 5.97 Å². The number of aryl methyl sites for hydroxylation is 1. The van der Waals surface area contributed by atoms with Gasteiger partial charge in [0.2, 0.25) is 0 Å². The molecule has 0 spiro atoms. The number of benzene rings is 1. The van der Waals surface area contributed by atoms with Crippen molar-refractivity contribution in [2.45, 2.75) is 13.3 Å². The summed E-state index contributed by atoms with van der Waals surface area (Å²) in [6.45, 7) is 1.91. The molecular weight excluding hydrogens is 264 g/mol. The Morgan fingerprint density at radius 1 is 1.42 bits per heavy atom. The first-order valence-electron chi connectivity index (χ1n) is 5.59. The number of anilines is 1. The molecule has 0 aliphatic heterocycles. The van der Waals surface area contributed by atoms with Gasteiger partial charge in [-0.3, -0.25) is 14.9 Å². The van der Waals surface area contributed by atoms with Crippen molar-refractivity contribution in [1.29, 1.82) is 0 Å². The molecule has 1 amide bonds. The van der Waals surface area contributed by atoms with Crippen molar-refractivity contribution < 1.29 is 14.7 Å². The number of amides is 1. The van der Waals surface area contributed by atoms with Crippen LogP contribution in [0.25, 0.3) is 0 Å². The van der Waals surface area contributed by atoms with E-state index in [9.17, 15) is 9.59 Å². The molecule has 0 aliphatic rings. The number of nitrogens with zero attached hydrogens (tertiary/aromatic N) is 1. The van der Waals surface area contributed by atoms with E-state index in [4.69, 9.17) is 5.11 Å². The van der Waals surface area contributed by atoms with E-state index >= 15 is 0 Å². The molecule has 0 bridgehead atoms. The minimum absolute atomic E-state index is 0.142. The van der Waals surface area contributed by atoms with Crippen molar-refractivity contribution in [2.75, 3.05) is 5.32 Å². The molecule has 0 saturated carbocycles. The molecule has 0 saturated heterocycles. The van der Waals surface area contributed by atoms with Crippen LogP contribution in [0.15, 0.2) is 29.6 Å². The quantitative estimate of drug-likeness (QED) is 0.898. The molecule has 98 valence electrons. The van der Waals surface area contributed by atoms with E-state index in [1.807, 2.05) is 19.1 Å². The third-order valence-electron chi connectivity index (χ3n) is 2.38. The molecule has 5 nitrogen and oxygen atoms in total. The normalized spacial score (nSPS) is 10.2. The molecule has 19 heavy (non-hydrogen) atoms. The number of carbonyl (C=O) groups excluding carboxylic acids is 1. The summed E-state index contributed by atoms with van der Waals surface area (Å²) < 4.78 is 0. The number of rotatable bonds is 4. The number of thiazole rings is 1. The summed E-state index contributed by atoms with van der Waals surface area (Å²) in [7, 11) is 0. The van der Waals surface area contributed by atoms with Crippen LogP contribution in [0.2, 0.25) is 0 Å². The predicted octanol–water partition coefficient (Wildman–Crippen LogP) is 2.33. The summed E-state index contributed by atoms with van der Waals surface area (Å²) in [5, 5.41) is 13.3. The van der Waals surface area contributed by atoms with Crippen LogP contribution in [0.3, 0.4) is 0 Å². The fourth-order valence-electron chi connectivity index (χ4n) is 1.56. The Labute approximate surface area is 113 Å². The molecule has 2 rings (SSSR count). The van der Waals surface area contributed by atoms with Gasteiger partial charge in [-0.05, 0) is 19.1 Å². The monoisotopic (exact) mass is 276 g/mol. The van der Waals surface area contributed by atoms with Gasteiger partial charge in [0.15, 0.2) is 5.13 Å². The maximum atomic E-state index is 11.9. The van der Waals surface area contributed by atoms with E-state index in [0.717, 1.165) is 5.56 Å². The van der Waals surface area contributed by atoms with E-state index in [-0.39, 0.29) is 12.3 Å². The van der Waals surface area contributed by atoms with Crippen LogP contribution in [0.5, 0.6) is 0 Å². The Morgan fingerprint density at radius 3 is 2.89 bits per heavy atom. The topological polar surface area (TPSA) is 79.3 Å². The highest BCUT2D eigenvalue weighted by molar-refractivity contribution is 7.14. The van der Waals surface area contributed by atoms with Gasteiger partial charge in [0, 0.05) is 10.9 Å². The summed E-state index contributed by atoms with van der Waals surface area (Å²) in [5.41, 5.74) is 1.99. The summed E-state index contributed by atoms with van der Waals surface area (Å²) in [4.78, 5) is 26.5. The zero-order valence-electron chi connectivity index (χ0n) is 10.2. The third-order valence-corrected chi connectivity index (χ3v) is 3.19. The lowest BCUT2D eigenvalue weighted by atomic mass is 10.1. The van der Waals surface area contributed by atoms with Crippen molar-refractivity contribution in [3.63, 3.8) is 0 Å². The zero-order chi connectivity index (χ0) is 13.8. The van der Waals surface area contributed by atoms with Crippen LogP contribution >= 0.6 is 11.3 Å². The van der Waals surface area contributed by atoms with Gasteiger partial charge < -0.3 is 5.11 Å². The van der Waals surface area contributed by atoms with Crippen molar-refractivity contribution in [3.8, 4) is 0 Å². The van der Waals surface area contributed by atoms with Gasteiger partial charge in [0.25, 0.3) is 5.91 Å². The predicted molar refractivity (Wildman–Crippen MR) is 72.6 cm³/mol. The Hall–Kier alpha value is -2.21. The van der Waals surface area contributed by atoms with Crippen LogP contribution in [0.4, 0.5) is 5.13 Å². The van der Waals surface area contributed by atoms with Crippen LogP contribution < -0.4 is 5.32 Å². The fourth-order valence-corrected chi connectivity index (χ4v) is 2.26. The largest absolute Gasteiger partial charge is 0.481 e. The number of carboxylic acids is 1. The van der Waals surface area contributed by atoms with Crippen molar-refractivity contribution in [3.05, 3.63) is 46.5 Å². The standard InChI is InChI=1S/C13H12N2O3S/c1-8-3-2-4-9(5-8)12(18)15-13-14-10(7-19-13)6-11(16)17/h2-5,7H,6H2,1H3,(H,16,17)(H,14,15,18). The van der Waals surface area contributed by atoms with E-state index in [1.165, 1.54) is 11.3 Å². The SMILES string of the molecule is Cc1cccc(C(=O)Nc2nc(CC(=O)O)cs2)c1. The molecule has 1 heterocycles. The second-order valence-electron chi connectivity index (χ2n) is 4.04. The first-order valence-corrected chi connectivity index (χ1v) is 6.47. The zero-order valence-corrected chi connectivity index (χ0v) is 11.0.